The number of urea groups is 1. The topological polar surface area (TPSA) is 96.7 Å². The van der Waals surface area contributed by atoms with Gasteiger partial charge < -0.3 is 20.3 Å². The summed E-state index contributed by atoms with van der Waals surface area (Å²) < 4.78 is 5.16. The van der Waals surface area contributed by atoms with Crippen molar-refractivity contribution < 1.29 is 14.5 Å². The molecule has 144 valence electrons. The Kier molecular flexibility index (Phi) is 6.98. The fourth-order valence-corrected chi connectivity index (χ4v) is 2.71. The Morgan fingerprint density at radius 3 is 2.48 bits per heavy atom. The Labute approximate surface area is 162 Å². The molecule has 27 heavy (non-hydrogen) atoms. The number of rotatable bonds is 7. The number of nitrogens with zero attached hydrogens (tertiary/aromatic N) is 2. The minimum Gasteiger partial charge on any atom is -0.497 e. The fraction of sp³-hybridized carbons (Fsp3) is 0.278. The maximum absolute atomic E-state index is 12.2. The van der Waals surface area contributed by atoms with E-state index in [2.05, 4.69) is 10.6 Å². The van der Waals surface area contributed by atoms with Crippen molar-refractivity contribution in [1.29, 1.82) is 0 Å². The zero-order chi connectivity index (χ0) is 20.0. The van der Waals surface area contributed by atoms with Crippen LogP contribution in [0.5, 0.6) is 5.75 Å². The largest absolute Gasteiger partial charge is 0.497 e. The van der Waals surface area contributed by atoms with Gasteiger partial charge in [0.15, 0.2) is 0 Å². The lowest BCUT2D eigenvalue weighted by atomic mass is 10.1. The van der Waals surface area contributed by atoms with Crippen molar-refractivity contribution in [2.45, 2.75) is 6.04 Å². The molecule has 0 aliphatic heterocycles. The number of anilines is 1. The first-order valence-corrected chi connectivity index (χ1v) is 8.48. The number of nitro benzene ring substituents is 1. The number of hydrogen-bond acceptors (Lipinski definition) is 5. The molecule has 0 aromatic heterocycles. The Hall–Kier alpha value is -2.84. The van der Waals surface area contributed by atoms with Gasteiger partial charge in [-0.15, -0.1) is 0 Å². The van der Waals surface area contributed by atoms with Crippen LogP contribution in [0.1, 0.15) is 11.6 Å². The van der Waals surface area contributed by atoms with Gasteiger partial charge in [-0.2, -0.15) is 0 Å². The second kappa shape index (κ2) is 9.20. The molecule has 2 aromatic rings. The summed E-state index contributed by atoms with van der Waals surface area (Å²) in [5.74, 6) is 0.756. The molecule has 0 radical (unpaired) electrons. The van der Waals surface area contributed by atoms with Crippen molar-refractivity contribution in [3.05, 3.63) is 63.2 Å². The molecule has 1 unspecified atom stereocenters. The van der Waals surface area contributed by atoms with Gasteiger partial charge in [-0.1, -0.05) is 23.7 Å². The third-order valence-electron chi connectivity index (χ3n) is 3.98. The zero-order valence-corrected chi connectivity index (χ0v) is 16.0. The van der Waals surface area contributed by atoms with E-state index in [1.54, 1.807) is 7.11 Å². The smallest absolute Gasteiger partial charge is 0.319 e. The van der Waals surface area contributed by atoms with Crippen molar-refractivity contribution in [3.8, 4) is 5.75 Å². The van der Waals surface area contributed by atoms with E-state index in [-0.39, 0.29) is 22.4 Å². The van der Waals surface area contributed by atoms with Crippen LogP contribution in [0, 0.1) is 10.1 Å². The predicted octanol–water partition coefficient (Wildman–Crippen LogP) is 3.68. The number of carbonyl (C=O) groups is 1. The molecule has 2 N–H and O–H groups in total. The molecule has 0 bridgehead atoms. The van der Waals surface area contributed by atoms with Crippen LogP contribution in [0.15, 0.2) is 42.5 Å². The van der Waals surface area contributed by atoms with Gasteiger partial charge in [0, 0.05) is 18.3 Å². The van der Waals surface area contributed by atoms with Gasteiger partial charge in [0.05, 0.1) is 18.1 Å². The first-order valence-electron chi connectivity index (χ1n) is 8.11. The monoisotopic (exact) mass is 392 g/mol. The molecule has 0 saturated heterocycles. The summed E-state index contributed by atoms with van der Waals surface area (Å²) in [6, 6.07) is 11.2. The van der Waals surface area contributed by atoms with E-state index in [1.165, 1.54) is 18.2 Å². The number of nitrogens with one attached hydrogen (secondary N) is 2. The minimum absolute atomic E-state index is 0.0122. The molecule has 9 heteroatoms. The third kappa shape index (κ3) is 5.57. The number of benzene rings is 2. The van der Waals surface area contributed by atoms with Crippen molar-refractivity contribution in [1.82, 2.24) is 10.2 Å². The van der Waals surface area contributed by atoms with Crippen LogP contribution in [0.3, 0.4) is 0 Å². The highest BCUT2D eigenvalue weighted by atomic mass is 35.5. The number of ether oxygens (including phenoxy) is 1. The molecule has 0 aliphatic carbocycles. The molecule has 0 heterocycles. The van der Waals surface area contributed by atoms with Gasteiger partial charge in [0.25, 0.3) is 5.69 Å². The second-order valence-corrected chi connectivity index (χ2v) is 6.42. The average Bonchev–Trinajstić information content (AvgIpc) is 2.63. The van der Waals surface area contributed by atoms with Crippen LogP contribution < -0.4 is 15.4 Å². The highest BCUT2D eigenvalue weighted by Crippen LogP contribution is 2.27. The number of carbonyl (C=O) groups excluding carboxylic acids is 1. The molecule has 1 atom stereocenters. The number of likely N-dealkylation sites (N-methyl/N-ethyl adjacent to an activating group) is 1. The molecule has 2 aromatic carbocycles. The number of hydrogen-bond donors (Lipinski definition) is 2. The van der Waals surface area contributed by atoms with Crippen LogP contribution >= 0.6 is 11.6 Å². The van der Waals surface area contributed by atoms with Crippen molar-refractivity contribution in [2.24, 2.45) is 0 Å². The lowest BCUT2D eigenvalue weighted by Gasteiger charge is -2.25. The van der Waals surface area contributed by atoms with Crippen LogP contribution in [-0.4, -0.2) is 43.6 Å². The molecule has 0 fully saturated rings. The number of amides is 2. The van der Waals surface area contributed by atoms with Gasteiger partial charge in [-0.3, -0.25) is 10.1 Å². The second-order valence-electron chi connectivity index (χ2n) is 6.01. The molecule has 0 aliphatic rings. The predicted molar refractivity (Wildman–Crippen MR) is 105 cm³/mol. The highest BCUT2D eigenvalue weighted by Gasteiger charge is 2.17. The molecular formula is C18H21ClN4O4. The van der Waals surface area contributed by atoms with Gasteiger partial charge in [-0.25, -0.2) is 4.79 Å². The van der Waals surface area contributed by atoms with Crippen LogP contribution in [0.4, 0.5) is 16.2 Å². The van der Waals surface area contributed by atoms with E-state index >= 15 is 0 Å². The Balaban J connectivity index is 2.01. The third-order valence-corrected chi connectivity index (χ3v) is 4.30. The molecule has 8 nitrogen and oxygen atoms in total. The molecular weight excluding hydrogens is 372 g/mol. The van der Waals surface area contributed by atoms with E-state index in [0.717, 1.165) is 11.3 Å². The number of methoxy groups -OCH3 is 1. The zero-order valence-electron chi connectivity index (χ0n) is 15.2. The Morgan fingerprint density at radius 2 is 1.93 bits per heavy atom. The molecule has 0 saturated carbocycles. The van der Waals surface area contributed by atoms with Crippen molar-refractivity contribution >= 4 is 29.0 Å². The van der Waals surface area contributed by atoms with Gasteiger partial charge in [0.1, 0.15) is 10.8 Å². The van der Waals surface area contributed by atoms with E-state index < -0.39 is 11.0 Å². The first-order chi connectivity index (χ1) is 12.8. The van der Waals surface area contributed by atoms with E-state index in [4.69, 9.17) is 16.3 Å². The average molecular weight is 393 g/mol. The molecule has 2 amide bonds. The molecule has 2 rings (SSSR count). The maximum atomic E-state index is 12.2. The lowest BCUT2D eigenvalue weighted by molar-refractivity contribution is -0.384. The number of halogens is 1. The summed E-state index contributed by atoms with van der Waals surface area (Å²) in [4.78, 5) is 24.5. The summed E-state index contributed by atoms with van der Waals surface area (Å²) in [5, 5.41) is 16.3. The highest BCUT2D eigenvalue weighted by molar-refractivity contribution is 6.32. The van der Waals surface area contributed by atoms with Crippen LogP contribution in [-0.2, 0) is 0 Å². The van der Waals surface area contributed by atoms with Gasteiger partial charge in [0.2, 0.25) is 0 Å². The summed E-state index contributed by atoms with van der Waals surface area (Å²) >= 11 is 5.77. The normalized spacial score (nSPS) is 11.7. The van der Waals surface area contributed by atoms with Gasteiger partial charge in [-0.05, 0) is 43.9 Å². The summed E-state index contributed by atoms with van der Waals surface area (Å²) in [5.41, 5.74) is 1.04. The van der Waals surface area contributed by atoms with E-state index in [0.29, 0.717) is 6.54 Å². The first kappa shape index (κ1) is 20.5. The van der Waals surface area contributed by atoms with Crippen LogP contribution in [0.2, 0.25) is 5.02 Å². The Morgan fingerprint density at radius 1 is 1.26 bits per heavy atom. The van der Waals surface area contributed by atoms with Crippen LogP contribution in [0.25, 0.3) is 0 Å². The summed E-state index contributed by atoms with van der Waals surface area (Å²) in [6.45, 7) is 0.348. The molecule has 0 spiro atoms. The Bertz CT molecular complexity index is 812. The SMILES string of the molecule is COc1ccc(C(CNC(=O)Nc2ccc(Cl)c([N+](=O)[O-])c2)N(C)C)cc1. The maximum Gasteiger partial charge on any atom is 0.319 e. The number of nitro groups is 1. The van der Waals surface area contributed by atoms with E-state index in [9.17, 15) is 14.9 Å². The lowest BCUT2D eigenvalue weighted by Crippen LogP contribution is -2.36. The quantitative estimate of drug-likeness (QED) is 0.553. The standard InChI is InChI=1S/C18H21ClN4O4/c1-22(2)17(12-4-7-14(27-3)8-5-12)11-20-18(24)21-13-6-9-15(19)16(10-13)23(25)26/h4-10,17H,11H2,1-3H3,(H2,20,21,24). The minimum atomic E-state index is -0.600. The summed E-state index contributed by atoms with van der Waals surface area (Å²) in [6.07, 6.45) is 0. The fourth-order valence-electron chi connectivity index (χ4n) is 2.52. The summed E-state index contributed by atoms with van der Waals surface area (Å²) in [7, 11) is 5.43. The van der Waals surface area contributed by atoms with Crippen molar-refractivity contribution in [2.75, 3.05) is 33.1 Å². The van der Waals surface area contributed by atoms with Crippen molar-refractivity contribution in [3.63, 3.8) is 0 Å². The van der Waals surface area contributed by atoms with Gasteiger partial charge >= 0.3 is 6.03 Å². The van der Waals surface area contributed by atoms with E-state index in [1.807, 2.05) is 43.3 Å².